The van der Waals surface area contributed by atoms with E-state index in [9.17, 15) is 0 Å². The van der Waals surface area contributed by atoms with Gasteiger partial charge in [0.05, 0.1) is 6.10 Å². The van der Waals surface area contributed by atoms with Gasteiger partial charge in [-0.1, -0.05) is 20.8 Å². The molecule has 14 heavy (non-hydrogen) atoms. The molecule has 0 bridgehead atoms. The Labute approximate surface area is 88.6 Å². The average molecular weight is 199 g/mol. The van der Waals surface area contributed by atoms with Crippen molar-refractivity contribution in [2.45, 2.75) is 39.7 Å². The van der Waals surface area contributed by atoms with Gasteiger partial charge in [-0.05, 0) is 25.8 Å². The maximum Gasteiger partial charge on any atom is 0.0649 e. The summed E-state index contributed by atoms with van der Waals surface area (Å²) in [6.45, 7) is 9.31. The lowest BCUT2D eigenvalue weighted by Crippen LogP contribution is -2.50. The molecule has 2 atom stereocenters. The quantitative estimate of drug-likeness (QED) is 0.692. The lowest BCUT2D eigenvalue weighted by molar-refractivity contribution is -0.0643. The van der Waals surface area contributed by atoms with Crippen molar-refractivity contribution in [2.24, 2.45) is 11.3 Å². The maximum absolute atomic E-state index is 5.63. The SMILES string of the molecule is CO[C@H]1CCN(C)C[C@@]1(C)CC(C)C. The fourth-order valence-corrected chi connectivity index (χ4v) is 3.01. The third-order valence-electron chi connectivity index (χ3n) is 3.34. The van der Waals surface area contributed by atoms with Crippen LogP contribution in [0.3, 0.4) is 0 Å². The summed E-state index contributed by atoms with van der Waals surface area (Å²) in [7, 11) is 4.07. The molecule has 0 radical (unpaired) electrons. The summed E-state index contributed by atoms with van der Waals surface area (Å²) >= 11 is 0. The van der Waals surface area contributed by atoms with E-state index in [2.05, 4.69) is 32.7 Å². The summed E-state index contributed by atoms with van der Waals surface area (Å²) in [5.41, 5.74) is 0.343. The van der Waals surface area contributed by atoms with E-state index < -0.39 is 0 Å². The van der Waals surface area contributed by atoms with Crippen LogP contribution in [-0.4, -0.2) is 38.3 Å². The summed E-state index contributed by atoms with van der Waals surface area (Å²) in [6.07, 6.45) is 2.88. The summed E-state index contributed by atoms with van der Waals surface area (Å²) < 4.78 is 5.63. The number of piperidine rings is 1. The van der Waals surface area contributed by atoms with Crippen LogP contribution >= 0.6 is 0 Å². The molecule has 1 rings (SSSR count). The van der Waals surface area contributed by atoms with Crippen LogP contribution in [0.1, 0.15) is 33.6 Å². The third-order valence-corrected chi connectivity index (χ3v) is 3.34. The third kappa shape index (κ3) is 2.71. The molecule has 0 spiro atoms. The largest absolute Gasteiger partial charge is 0.381 e. The molecule has 0 amide bonds. The van der Waals surface area contributed by atoms with Crippen LogP contribution in [0.5, 0.6) is 0 Å². The summed E-state index contributed by atoms with van der Waals surface area (Å²) in [5, 5.41) is 0. The molecule has 0 N–H and O–H groups in total. The van der Waals surface area contributed by atoms with Gasteiger partial charge in [0, 0.05) is 25.6 Å². The normalized spacial score (nSPS) is 35.1. The number of nitrogens with zero attached hydrogens (tertiary/aromatic N) is 1. The van der Waals surface area contributed by atoms with E-state index in [1.807, 2.05) is 7.11 Å². The van der Waals surface area contributed by atoms with Crippen LogP contribution in [0.25, 0.3) is 0 Å². The summed E-state index contributed by atoms with van der Waals surface area (Å²) in [6, 6.07) is 0. The molecule has 1 aliphatic heterocycles. The minimum atomic E-state index is 0.343. The zero-order chi connectivity index (χ0) is 10.8. The van der Waals surface area contributed by atoms with Gasteiger partial charge >= 0.3 is 0 Å². The molecular formula is C12H25NO. The molecule has 0 aromatic rings. The Morgan fingerprint density at radius 2 is 2.14 bits per heavy atom. The van der Waals surface area contributed by atoms with Crippen LogP contribution in [0.15, 0.2) is 0 Å². The first kappa shape index (κ1) is 12.0. The minimum absolute atomic E-state index is 0.343. The fourth-order valence-electron chi connectivity index (χ4n) is 3.01. The molecule has 0 unspecified atom stereocenters. The number of ether oxygens (including phenoxy) is 1. The van der Waals surface area contributed by atoms with Gasteiger partial charge in [0.1, 0.15) is 0 Å². The topological polar surface area (TPSA) is 12.5 Å². The molecule has 84 valence electrons. The van der Waals surface area contributed by atoms with E-state index in [1.165, 1.54) is 25.9 Å². The smallest absolute Gasteiger partial charge is 0.0649 e. The van der Waals surface area contributed by atoms with Gasteiger partial charge in [0.15, 0.2) is 0 Å². The second kappa shape index (κ2) is 4.63. The Morgan fingerprint density at radius 3 is 2.64 bits per heavy atom. The van der Waals surface area contributed by atoms with Crippen LogP contribution in [0.2, 0.25) is 0 Å². The van der Waals surface area contributed by atoms with Gasteiger partial charge in [0.25, 0.3) is 0 Å². The lowest BCUT2D eigenvalue weighted by Gasteiger charge is -2.45. The molecule has 0 aromatic carbocycles. The number of likely N-dealkylation sites (tertiary alicyclic amines) is 1. The van der Waals surface area contributed by atoms with E-state index in [4.69, 9.17) is 4.74 Å². The predicted octanol–water partition coefficient (Wildman–Crippen LogP) is 2.39. The highest BCUT2D eigenvalue weighted by atomic mass is 16.5. The zero-order valence-electron chi connectivity index (χ0n) is 10.3. The Balaban J connectivity index is 2.67. The molecule has 0 aromatic heterocycles. The number of rotatable bonds is 3. The molecule has 1 heterocycles. The fraction of sp³-hybridized carbons (Fsp3) is 1.00. The number of hydrogen-bond acceptors (Lipinski definition) is 2. The zero-order valence-corrected chi connectivity index (χ0v) is 10.3. The van der Waals surface area contributed by atoms with Crippen molar-refractivity contribution in [3.05, 3.63) is 0 Å². The first-order chi connectivity index (χ1) is 6.48. The van der Waals surface area contributed by atoms with Gasteiger partial charge < -0.3 is 9.64 Å². The van der Waals surface area contributed by atoms with Gasteiger partial charge in [-0.3, -0.25) is 0 Å². The predicted molar refractivity (Wildman–Crippen MR) is 60.5 cm³/mol. The molecule has 2 heteroatoms. The lowest BCUT2D eigenvalue weighted by atomic mass is 9.73. The van der Waals surface area contributed by atoms with Gasteiger partial charge in [-0.2, -0.15) is 0 Å². The van der Waals surface area contributed by atoms with Crippen molar-refractivity contribution in [2.75, 3.05) is 27.2 Å². The van der Waals surface area contributed by atoms with Crippen LogP contribution in [-0.2, 0) is 4.74 Å². The molecule has 1 aliphatic rings. The van der Waals surface area contributed by atoms with Crippen LogP contribution in [0, 0.1) is 11.3 Å². The van der Waals surface area contributed by atoms with Crippen molar-refractivity contribution < 1.29 is 4.74 Å². The van der Waals surface area contributed by atoms with E-state index in [0.717, 1.165) is 5.92 Å². The van der Waals surface area contributed by atoms with Crippen molar-refractivity contribution >= 4 is 0 Å². The first-order valence-corrected chi connectivity index (χ1v) is 5.69. The molecule has 0 aliphatic carbocycles. The van der Waals surface area contributed by atoms with Gasteiger partial charge in [-0.25, -0.2) is 0 Å². The van der Waals surface area contributed by atoms with Crippen LogP contribution in [0.4, 0.5) is 0 Å². The molecule has 1 fully saturated rings. The molecule has 2 nitrogen and oxygen atoms in total. The van der Waals surface area contributed by atoms with Gasteiger partial charge in [-0.15, -0.1) is 0 Å². The maximum atomic E-state index is 5.63. The van der Waals surface area contributed by atoms with E-state index in [1.54, 1.807) is 0 Å². The minimum Gasteiger partial charge on any atom is -0.381 e. The summed E-state index contributed by atoms with van der Waals surface area (Å²) in [4.78, 5) is 2.43. The van der Waals surface area contributed by atoms with Crippen molar-refractivity contribution in [1.29, 1.82) is 0 Å². The Hall–Kier alpha value is -0.0800. The molecule has 1 saturated heterocycles. The Kier molecular flexibility index (Phi) is 3.96. The Bertz CT molecular complexity index is 177. The van der Waals surface area contributed by atoms with Crippen molar-refractivity contribution in [1.82, 2.24) is 4.90 Å². The van der Waals surface area contributed by atoms with Crippen LogP contribution < -0.4 is 0 Å². The summed E-state index contributed by atoms with van der Waals surface area (Å²) in [5.74, 6) is 0.754. The highest BCUT2D eigenvalue weighted by Crippen LogP contribution is 2.36. The average Bonchev–Trinajstić information content (AvgIpc) is 2.01. The second-order valence-corrected chi connectivity index (χ2v) is 5.50. The van der Waals surface area contributed by atoms with Crippen molar-refractivity contribution in [3.8, 4) is 0 Å². The highest BCUT2D eigenvalue weighted by molar-refractivity contribution is 4.90. The highest BCUT2D eigenvalue weighted by Gasteiger charge is 2.39. The molecular weight excluding hydrogens is 174 g/mol. The van der Waals surface area contributed by atoms with E-state index >= 15 is 0 Å². The standard InChI is InChI=1S/C12H25NO/c1-10(2)8-12(3)9-13(4)7-6-11(12)14-5/h10-11H,6-9H2,1-5H3/t11-,12+/m0/s1. The second-order valence-electron chi connectivity index (χ2n) is 5.50. The number of hydrogen-bond donors (Lipinski definition) is 0. The monoisotopic (exact) mass is 199 g/mol. The van der Waals surface area contributed by atoms with Gasteiger partial charge in [0.2, 0.25) is 0 Å². The molecule has 0 saturated carbocycles. The Morgan fingerprint density at radius 1 is 1.50 bits per heavy atom. The van der Waals surface area contributed by atoms with E-state index in [-0.39, 0.29) is 0 Å². The first-order valence-electron chi connectivity index (χ1n) is 5.69. The number of methoxy groups -OCH3 is 1. The van der Waals surface area contributed by atoms with Crippen molar-refractivity contribution in [3.63, 3.8) is 0 Å². The van der Waals surface area contributed by atoms with E-state index in [0.29, 0.717) is 11.5 Å².